The molecule has 2 aromatic heterocycles. The van der Waals surface area contributed by atoms with Crippen molar-refractivity contribution < 1.29 is 4.79 Å². The van der Waals surface area contributed by atoms with Gasteiger partial charge in [-0.3, -0.25) is 4.79 Å². The number of aryl methyl sites for hydroxylation is 1. The minimum Gasteiger partial charge on any atom is -0.349 e. The number of likely N-dealkylation sites (N-methyl/N-ethyl adjacent to an activating group) is 1. The number of carbonyl (C=O) groups is 1. The molecular weight excluding hydrogens is 336 g/mol. The molecule has 25 heavy (non-hydrogen) atoms. The average Bonchev–Trinajstić information content (AvgIpc) is 3.11. The zero-order valence-corrected chi connectivity index (χ0v) is 15.8. The quantitative estimate of drug-likeness (QED) is 0.750. The van der Waals surface area contributed by atoms with Crippen LogP contribution in [0.1, 0.15) is 34.5 Å². The molecule has 0 atom stereocenters. The fraction of sp³-hybridized carbons (Fsp3) is 0.368. The lowest BCUT2D eigenvalue weighted by Crippen LogP contribution is -2.29. The molecule has 0 aliphatic rings. The predicted octanol–water partition coefficient (Wildman–Crippen LogP) is 3.97. The van der Waals surface area contributed by atoms with Gasteiger partial charge in [0.05, 0.1) is 16.6 Å². The summed E-state index contributed by atoms with van der Waals surface area (Å²) in [5.41, 5.74) is 4.72. The van der Waals surface area contributed by atoms with E-state index in [-0.39, 0.29) is 5.91 Å². The number of aromatic nitrogens is 3. The van der Waals surface area contributed by atoms with Crippen molar-refractivity contribution in [3.8, 4) is 0 Å². The molecule has 0 saturated heterocycles. The lowest BCUT2D eigenvalue weighted by molar-refractivity contribution is 0.0795. The molecule has 0 bridgehead atoms. The number of aromatic amines is 1. The van der Waals surface area contributed by atoms with Crippen molar-refractivity contribution in [3.63, 3.8) is 0 Å². The van der Waals surface area contributed by atoms with Gasteiger partial charge >= 0.3 is 0 Å². The number of fused-ring (bicyclic) bond motifs is 1. The molecule has 1 N–H and O–H groups in total. The number of imidazole rings is 1. The maximum absolute atomic E-state index is 12.7. The largest absolute Gasteiger partial charge is 0.349 e. The monoisotopic (exact) mass is 358 g/mol. The number of benzene rings is 1. The van der Waals surface area contributed by atoms with Gasteiger partial charge in [-0.15, -0.1) is 0 Å². The molecule has 0 spiro atoms. The zero-order valence-electron chi connectivity index (χ0n) is 15.1. The second-order valence-corrected chi connectivity index (χ2v) is 6.79. The van der Waals surface area contributed by atoms with Crippen LogP contribution in [-0.2, 0) is 13.0 Å². The van der Waals surface area contributed by atoms with E-state index in [2.05, 4.69) is 21.5 Å². The average molecular weight is 359 g/mol. The minimum atomic E-state index is 0.0481. The van der Waals surface area contributed by atoms with Crippen LogP contribution in [0.4, 0.5) is 0 Å². The molecule has 0 radical (unpaired) electrons. The van der Waals surface area contributed by atoms with Crippen molar-refractivity contribution in [3.05, 3.63) is 52.1 Å². The molecule has 1 amide bonds. The molecule has 1 aromatic carbocycles. The summed E-state index contributed by atoms with van der Waals surface area (Å²) in [4.78, 5) is 22.3. The second kappa shape index (κ2) is 6.92. The van der Waals surface area contributed by atoms with Crippen LogP contribution in [0.25, 0.3) is 11.0 Å². The third-order valence-electron chi connectivity index (χ3n) is 4.64. The number of nitrogens with one attached hydrogen (secondary N) is 1. The van der Waals surface area contributed by atoms with E-state index in [0.717, 1.165) is 40.4 Å². The number of hydrogen-bond acceptors (Lipinski definition) is 2. The van der Waals surface area contributed by atoms with Gasteiger partial charge in [0.15, 0.2) is 0 Å². The van der Waals surface area contributed by atoms with E-state index in [4.69, 9.17) is 11.6 Å². The molecule has 3 aromatic rings. The fourth-order valence-electron chi connectivity index (χ4n) is 3.24. The highest BCUT2D eigenvalue weighted by Crippen LogP contribution is 2.19. The lowest BCUT2D eigenvalue weighted by Gasteiger charge is -2.16. The van der Waals surface area contributed by atoms with Gasteiger partial charge in [-0.25, -0.2) is 4.98 Å². The number of nitrogens with zero attached hydrogens (tertiary/aromatic N) is 3. The van der Waals surface area contributed by atoms with Gasteiger partial charge in [0.25, 0.3) is 5.91 Å². The molecule has 132 valence electrons. The van der Waals surface area contributed by atoms with Gasteiger partial charge in [0, 0.05) is 43.0 Å². The molecular formula is C19H23ClN4O. The van der Waals surface area contributed by atoms with Crippen molar-refractivity contribution in [2.75, 3.05) is 13.6 Å². The van der Waals surface area contributed by atoms with E-state index in [1.165, 1.54) is 0 Å². The van der Waals surface area contributed by atoms with Crippen LogP contribution in [0.5, 0.6) is 0 Å². The summed E-state index contributed by atoms with van der Waals surface area (Å²) in [5, 5.41) is 0.682. The zero-order chi connectivity index (χ0) is 18.1. The van der Waals surface area contributed by atoms with E-state index in [0.29, 0.717) is 18.0 Å². The Kier molecular flexibility index (Phi) is 4.86. The number of halogens is 1. The standard InChI is InChI=1S/C19H23ClN4O/c1-5-24-12(2)10-15(13(24)3)19(25)23(4)9-8-18-21-16-7-6-14(20)11-17(16)22-18/h6-7,10-11H,5,8-9H2,1-4H3,(H,21,22). The molecule has 0 fully saturated rings. The Bertz CT molecular complexity index is 925. The highest BCUT2D eigenvalue weighted by molar-refractivity contribution is 6.31. The van der Waals surface area contributed by atoms with Crippen LogP contribution >= 0.6 is 11.6 Å². The summed E-state index contributed by atoms with van der Waals surface area (Å²) in [6.07, 6.45) is 0.668. The van der Waals surface area contributed by atoms with E-state index < -0.39 is 0 Å². The van der Waals surface area contributed by atoms with Gasteiger partial charge in [0.1, 0.15) is 5.82 Å². The Hall–Kier alpha value is -2.27. The molecule has 6 heteroatoms. The Morgan fingerprint density at radius 2 is 2.08 bits per heavy atom. The van der Waals surface area contributed by atoms with Crippen LogP contribution in [-0.4, -0.2) is 38.9 Å². The van der Waals surface area contributed by atoms with Gasteiger partial charge in [-0.2, -0.15) is 0 Å². The first-order valence-electron chi connectivity index (χ1n) is 8.47. The first kappa shape index (κ1) is 17.5. The third kappa shape index (κ3) is 3.42. The van der Waals surface area contributed by atoms with Crippen LogP contribution in [0.15, 0.2) is 24.3 Å². The smallest absolute Gasteiger partial charge is 0.255 e. The molecule has 0 aliphatic carbocycles. The van der Waals surface area contributed by atoms with Gasteiger partial charge in [0.2, 0.25) is 0 Å². The van der Waals surface area contributed by atoms with Gasteiger partial charge < -0.3 is 14.5 Å². The lowest BCUT2D eigenvalue weighted by atomic mass is 10.2. The van der Waals surface area contributed by atoms with E-state index in [9.17, 15) is 4.79 Å². The topological polar surface area (TPSA) is 53.9 Å². The Labute approximate surface area is 152 Å². The molecule has 2 heterocycles. The molecule has 0 aliphatic heterocycles. The third-order valence-corrected chi connectivity index (χ3v) is 4.88. The first-order valence-corrected chi connectivity index (χ1v) is 8.84. The van der Waals surface area contributed by atoms with Crippen LogP contribution in [0, 0.1) is 13.8 Å². The molecule has 5 nitrogen and oxygen atoms in total. The highest BCUT2D eigenvalue weighted by Gasteiger charge is 2.18. The van der Waals surface area contributed by atoms with E-state index >= 15 is 0 Å². The summed E-state index contributed by atoms with van der Waals surface area (Å²) in [6.45, 7) is 7.59. The summed E-state index contributed by atoms with van der Waals surface area (Å²) < 4.78 is 2.16. The van der Waals surface area contributed by atoms with Crippen molar-refractivity contribution in [2.45, 2.75) is 33.7 Å². The van der Waals surface area contributed by atoms with Crippen molar-refractivity contribution in [1.82, 2.24) is 19.4 Å². The maximum atomic E-state index is 12.7. The van der Waals surface area contributed by atoms with Crippen LogP contribution in [0.2, 0.25) is 5.02 Å². The highest BCUT2D eigenvalue weighted by atomic mass is 35.5. The van der Waals surface area contributed by atoms with Gasteiger partial charge in [-0.05, 0) is 45.0 Å². The number of rotatable bonds is 5. The summed E-state index contributed by atoms with van der Waals surface area (Å²) >= 11 is 6.00. The summed E-state index contributed by atoms with van der Waals surface area (Å²) in [5.74, 6) is 0.905. The maximum Gasteiger partial charge on any atom is 0.255 e. The van der Waals surface area contributed by atoms with Crippen LogP contribution in [0.3, 0.4) is 0 Å². The Balaban J connectivity index is 1.71. The van der Waals surface area contributed by atoms with Crippen LogP contribution < -0.4 is 0 Å². The molecule has 3 rings (SSSR count). The van der Waals surface area contributed by atoms with E-state index in [1.54, 1.807) is 4.90 Å². The molecule has 0 unspecified atom stereocenters. The minimum absolute atomic E-state index is 0.0481. The molecule has 0 saturated carbocycles. The van der Waals surface area contributed by atoms with Crippen molar-refractivity contribution in [1.29, 1.82) is 0 Å². The van der Waals surface area contributed by atoms with Crippen molar-refractivity contribution in [2.24, 2.45) is 0 Å². The number of H-pyrrole nitrogens is 1. The normalized spacial score (nSPS) is 11.2. The number of amides is 1. The Morgan fingerprint density at radius 3 is 2.76 bits per heavy atom. The fourth-order valence-corrected chi connectivity index (χ4v) is 3.41. The van der Waals surface area contributed by atoms with Gasteiger partial charge in [-0.1, -0.05) is 11.6 Å². The summed E-state index contributed by atoms with van der Waals surface area (Å²) in [7, 11) is 1.83. The summed E-state index contributed by atoms with van der Waals surface area (Å²) in [6, 6.07) is 7.56. The SMILES string of the molecule is CCn1c(C)cc(C(=O)N(C)CCc2nc3ccc(Cl)cc3[nH]2)c1C. The predicted molar refractivity (Wildman–Crippen MR) is 101 cm³/mol. The Morgan fingerprint density at radius 1 is 1.32 bits per heavy atom. The number of carbonyl (C=O) groups excluding carboxylic acids is 1. The first-order chi connectivity index (χ1) is 11.9. The van der Waals surface area contributed by atoms with E-state index in [1.807, 2.05) is 45.2 Å². The van der Waals surface area contributed by atoms with Crippen molar-refractivity contribution >= 4 is 28.5 Å². The number of hydrogen-bond donors (Lipinski definition) is 1. The second-order valence-electron chi connectivity index (χ2n) is 6.35.